The van der Waals surface area contributed by atoms with Gasteiger partial charge < -0.3 is 5.32 Å². The topological polar surface area (TPSA) is 15.3 Å². The van der Waals surface area contributed by atoms with Gasteiger partial charge in [0.25, 0.3) is 0 Å². The molecular weight excluding hydrogens is 256 g/mol. The first kappa shape index (κ1) is 14.3. The minimum absolute atomic E-state index is 0.369. The van der Waals surface area contributed by atoms with Crippen LogP contribution in [0, 0.1) is 13.8 Å². The molecule has 1 fully saturated rings. The highest BCUT2D eigenvalue weighted by molar-refractivity contribution is 5.38. The van der Waals surface area contributed by atoms with Gasteiger partial charge in [0.05, 0.1) is 6.04 Å². The molecule has 0 aliphatic carbocycles. The number of rotatable bonds is 3. The molecule has 1 aliphatic rings. The Hall–Kier alpha value is -1.64. The van der Waals surface area contributed by atoms with Gasteiger partial charge in [0.15, 0.2) is 0 Å². The molecule has 1 N–H and O–H groups in total. The third kappa shape index (κ3) is 3.17. The van der Waals surface area contributed by atoms with Gasteiger partial charge in [-0.2, -0.15) is 0 Å². The van der Waals surface area contributed by atoms with Gasteiger partial charge in [-0.05, 0) is 30.5 Å². The van der Waals surface area contributed by atoms with Crippen molar-refractivity contribution < 1.29 is 0 Å². The SMILES string of the molecule is Cc1ccc(C(c2ccccc2C)N2CCNCC2)cc1. The maximum absolute atomic E-state index is 3.45. The van der Waals surface area contributed by atoms with E-state index in [0.717, 1.165) is 26.2 Å². The molecule has 2 nitrogen and oxygen atoms in total. The second kappa shape index (κ2) is 6.42. The minimum Gasteiger partial charge on any atom is -0.314 e. The normalized spacial score (nSPS) is 17.6. The number of hydrogen-bond donors (Lipinski definition) is 1. The molecule has 0 saturated carbocycles. The van der Waals surface area contributed by atoms with Crippen molar-refractivity contribution >= 4 is 0 Å². The number of aryl methyl sites for hydroxylation is 2. The van der Waals surface area contributed by atoms with Crippen LogP contribution in [0.25, 0.3) is 0 Å². The predicted octanol–water partition coefficient (Wildman–Crippen LogP) is 3.30. The Kier molecular flexibility index (Phi) is 4.37. The van der Waals surface area contributed by atoms with E-state index in [1.165, 1.54) is 22.3 Å². The van der Waals surface area contributed by atoms with Crippen molar-refractivity contribution in [1.29, 1.82) is 0 Å². The summed E-state index contributed by atoms with van der Waals surface area (Å²) in [4.78, 5) is 2.60. The third-order valence-electron chi connectivity index (χ3n) is 4.39. The fourth-order valence-corrected chi connectivity index (χ4v) is 3.17. The molecule has 1 aliphatic heterocycles. The van der Waals surface area contributed by atoms with E-state index in [4.69, 9.17) is 0 Å². The van der Waals surface area contributed by atoms with E-state index in [1.54, 1.807) is 0 Å². The Labute approximate surface area is 127 Å². The van der Waals surface area contributed by atoms with E-state index in [-0.39, 0.29) is 0 Å². The summed E-state index contributed by atoms with van der Waals surface area (Å²) >= 11 is 0. The van der Waals surface area contributed by atoms with Gasteiger partial charge in [0.2, 0.25) is 0 Å². The highest BCUT2D eigenvalue weighted by Crippen LogP contribution is 2.31. The van der Waals surface area contributed by atoms with Gasteiger partial charge in [-0.15, -0.1) is 0 Å². The van der Waals surface area contributed by atoms with Crippen LogP contribution in [-0.4, -0.2) is 31.1 Å². The van der Waals surface area contributed by atoms with Crippen molar-refractivity contribution in [2.75, 3.05) is 26.2 Å². The summed E-state index contributed by atoms with van der Waals surface area (Å²) in [6.07, 6.45) is 0. The van der Waals surface area contributed by atoms with Gasteiger partial charge in [0.1, 0.15) is 0 Å². The van der Waals surface area contributed by atoms with Crippen LogP contribution >= 0.6 is 0 Å². The molecule has 110 valence electrons. The van der Waals surface area contributed by atoms with Crippen molar-refractivity contribution in [1.82, 2.24) is 10.2 Å². The maximum Gasteiger partial charge on any atom is 0.0605 e. The monoisotopic (exact) mass is 280 g/mol. The third-order valence-corrected chi connectivity index (χ3v) is 4.39. The first-order chi connectivity index (χ1) is 10.3. The molecule has 1 saturated heterocycles. The van der Waals surface area contributed by atoms with Crippen molar-refractivity contribution in [3.8, 4) is 0 Å². The smallest absolute Gasteiger partial charge is 0.0605 e. The van der Waals surface area contributed by atoms with Crippen LogP contribution in [0.4, 0.5) is 0 Å². The molecule has 21 heavy (non-hydrogen) atoms. The zero-order valence-corrected chi connectivity index (χ0v) is 13.0. The number of nitrogens with one attached hydrogen (secondary N) is 1. The van der Waals surface area contributed by atoms with E-state index in [2.05, 4.69) is 72.6 Å². The number of nitrogens with zero attached hydrogens (tertiary/aromatic N) is 1. The number of piperazine rings is 1. The first-order valence-corrected chi connectivity index (χ1v) is 7.82. The molecule has 2 heteroatoms. The van der Waals surface area contributed by atoms with Crippen LogP contribution < -0.4 is 5.32 Å². The number of hydrogen-bond acceptors (Lipinski definition) is 2. The van der Waals surface area contributed by atoms with Crippen LogP contribution in [0.1, 0.15) is 28.3 Å². The van der Waals surface area contributed by atoms with Crippen LogP contribution in [0.5, 0.6) is 0 Å². The Morgan fingerprint density at radius 3 is 2.24 bits per heavy atom. The van der Waals surface area contributed by atoms with Crippen molar-refractivity contribution in [3.05, 3.63) is 70.8 Å². The number of benzene rings is 2. The highest BCUT2D eigenvalue weighted by atomic mass is 15.2. The van der Waals surface area contributed by atoms with Gasteiger partial charge >= 0.3 is 0 Å². The second-order valence-electron chi connectivity index (χ2n) is 5.96. The minimum atomic E-state index is 0.369. The van der Waals surface area contributed by atoms with Gasteiger partial charge in [-0.3, -0.25) is 4.90 Å². The van der Waals surface area contributed by atoms with Gasteiger partial charge in [-0.1, -0.05) is 54.1 Å². The lowest BCUT2D eigenvalue weighted by Crippen LogP contribution is -2.45. The molecule has 0 amide bonds. The quantitative estimate of drug-likeness (QED) is 0.928. The van der Waals surface area contributed by atoms with E-state index in [0.29, 0.717) is 6.04 Å². The van der Waals surface area contributed by atoms with Crippen LogP contribution in [0.15, 0.2) is 48.5 Å². The molecular formula is C19H24N2. The Balaban J connectivity index is 2.01. The zero-order chi connectivity index (χ0) is 14.7. The maximum atomic E-state index is 3.45. The van der Waals surface area contributed by atoms with Crippen molar-refractivity contribution in [3.63, 3.8) is 0 Å². The second-order valence-corrected chi connectivity index (χ2v) is 5.96. The lowest BCUT2D eigenvalue weighted by atomic mass is 9.92. The molecule has 0 radical (unpaired) electrons. The Morgan fingerprint density at radius 2 is 1.57 bits per heavy atom. The molecule has 1 heterocycles. The average Bonchev–Trinajstić information content (AvgIpc) is 2.52. The molecule has 2 aromatic rings. The molecule has 2 aromatic carbocycles. The Morgan fingerprint density at radius 1 is 0.905 bits per heavy atom. The van der Waals surface area contributed by atoms with E-state index >= 15 is 0 Å². The summed E-state index contributed by atoms with van der Waals surface area (Å²) < 4.78 is 0. The van der Waals surface area contributed by atoms with E-state index in [9.17, 15) is 0 Å². The summed E-state index contributed by atoms with van der Waals surface area (Å²) in [6, 6.07) is 18.2. The summed E-state index contributed by atoms with van der Waals surface area (Å²) in [5, 5.41) is 3.45. The molecule has 0 bridgehead atoms. The molecule has 0 spiro atoms. The fourth-order valence-electron chi connectivity index (χ4n) is 3.17. The largest absolute Gasteiger partial charge is 0.314 e. The van der Waals surface area contributed by atoms with Crippen LogP contribution in [-0.2, 0) is 0 Å². The summed E-state index contributed by atoms with van der Waals surface area (Å²) in [5.41, 5.74) is 5.53. The molecule has 3 rings (SSSR count). The van der Waals surface area contributed by atoms with Crippen LogP contribution in [0.3, 0.4) is 0 Å². The summed E-state index contributed by atoms with van der Waals surface area (Å²) in [7, 11) is 0. The lowest BCUT2D eigenvalue weighted by Gasteiger charge is -2.36. The summed E-state index contributed by atoms with van der Waals surface area (Å²) in [6.45, 7) is 8.73. The molecule has 1 atom stereocenters. The van der Waals surface area contributed by atoms with Crippen molar-refractivity contribution in [2.45, 2.75) is 19.9 Å². The standard InChI is InChI=1S/C19H24N2/c1-15-7-9-17(10-8-15)19(21-13-11-20-12-14-21)18-6-4-3-5-16(18)2/h3-10,19-20H,11-14H2,1-2H3. The van der Waals surface area contributed by atoms with E-state index < -0.39 is 0 Å². The fraction of sp³-hybridized carbons (Fsp3) is 0.368. The van der Waals surface area contributed by atoms with Crippen LogP contribution in [0.2, 0.25) is 0 Å². The first-order valence-electron chi connectivity index (χ1n) is 7.82. The average molecular weight is 280 g/mol. The van der Waals surface area contributed by atoms with Gasteiger partial charge in [0, 0.05) is 26.2 Å². The highest BCUT2D eigenvalue weighted by Gasteiger charge is 2.24. The molecule has 1 unspecified atom stereocenters. The summed E-state index contributed by atoms with van der Waals surface area (Å²) in [5.74, 6) is 0. The van der Waals surface area contributed by atoms with Crippen molar-refractivity contribution in [2.24, 2.45) is 0 Å². The molecule has 0 aromatic heterocycles. The lowest BCUT2D eigenvalue weighted by molar-refractivity contribution is 0.198. The predicted molar refractivity (Wildman–Crippen MR) is 88.6 cm³/mol. The Bertz CT molecular complexity index is 583. The van der Waals surface area contributed by atoms with E-state index in [1.807, 2.05) is 0 Å². The zero-order valence-electron chi connectivity index (χ0n) is 13.0. The van der Waals surface area contributed by atoms with Gasteiger partial charge in [-0.25, -0.2) is 0 Å².